The molecule has 3 aromatic carbocycles. The number of alkyl halides is 3. The van der Waals surface area contributed by atoms with Gasteiger partial charge in [0, 0.05) is 11.1 Å². The molecule has 0 saturated heterocycles. The van der Waals surface area contributed by atoms with Crippen LogP contribution in [0.5, 0.6) is 0 Å². The first-order valence-corrected chi connectivity index (χ1v) is 9.23. The minimum atomic E-state index is -4.40. The Morgan fingerprint density at radius 1 is 0.800 bits per heavy atom. The van der Waals surface area contributed by atoms with Crippen LogP contribution in [-0.2, 0) is 12.7 Å². The standard InChI is InChI=1S/C24H16F3N3/c25-24(26,27)21-13-7-10-19(16-21)17-30-22(15-14-18-8-3-1-4-9-18)23(28-29-30)20-11-5-2-6-12-20/h1-13,16H,17H2. The van der Waals surface area contributed by atoms with Gasteiger partial charge in [-0.2, -0.15) is 13.2 Å². The van der Waals surface area contributed by atoms with Crippen LogP contribution in [-0.4, -0.2) is 15.0 Å². The highest BCUT2D eigenvalue weighted by Crippen LogP contribution is 2.30. The maximum atomic E-state index is 13.1. The molecular formula is C24H16F3N3. The molecule has 6 heteroatoms. The zero-order chi connectivity index (χ0) is 21.0. The van der Waals surface area contributed by atoms with Gasteiger partial charge in [-0.15, -0.1) is 5.10 Å². The number of halogens is 3. The summed E-state index contributed by atoms with van der Waals surface area (Å²) in [5.41, 5.74) is 2.57. The summed E-state index contributed by atoms with van der Waals surface area (Å²) in [6.45, 7) is 0.128. The van der Waals surface area contributed by atoms with Gasteiger partial charge in [-0.3, -0.25) is 0 Å². The van der Waals surface area contributed by atoms with Crippen molar-refractivity contribution in [1.29, 1.82) is 0 Å². The summed E-state index contributed by atoms with van der Waals surface area (Å²) in [6, 6.07) is 24.1. The summed E-state index contributed by atoms with van der Waals surface area (Å²) in [6.07, 6.45) is -4.40. The second-order valence-corrected chi connectivity index (χ2v) is 6.62. The number of hydrogen-bond acceptors (Lipinski definition) is 2. The number of aromatic nitrogens is 3. The van der Waals surface area contributed by atoms with Gasteiger partial charge in [-0.05, 0) is 35.7 Å². The molecule has 0 spiro atoms. The fourth-order valence-electron chi connectivity index (χ4n) is 3.01. The SMILES string of the molecule is FC(F)(F)c1cccc(Cn2nnc(-c3ccccc3)c2C#Cc2ccccc2)c1. The number of rotatable bonds is 3. The fourth-order valence-corrected chi connectivity index (χ4v) is 3.01. The van der Waals surface area contributed by atoms with Crippen LogP contribution in [0, 0.1) is 11.8 Å². The van der Waals surface area contributed by atoms with Gasteiger partial charge >= 0.3 is 6.18 Å². The number of nitrogens with zero attached hydrogens (tertiary/aromatic N) is 3. The first-order chi connectivity index (χ1) is 14.5. The molecule has 0 amide bonds. The molecule has 0 unspecified atom stereocenters. The third-order valence-electron chi connectivity index (χ3n) is 4.47. The van der Waals surface area contributed by atoms with Gasteiger partial charge in [0.1, 0.15) is 11.4 Å². The quantitative estimate of drug-likeness (QED) is 0.428. The van der Waals surface area contributed by atoms with Crippen molar-refractivity contribution in [2.75, 3.05) is 0 Å². The predicted octanol–water partition coefficient (Wildman–Crippen LogP) is 5.41. The minimum absolute atomic E-state index is 0.128. The lowest BCUT2D eigenvalue weighted by Crippen LogP contribution is -2.08. The third kappa shape index (κ3) is 4.41. The molecule has 0 radical (unpaired) electrons. The molecule has 148 valence electrons. The first kappa shape index (κ1) is 19.5. The van der Waals surface area contributed by atoms with E-state index in [1.807, 2.05) is 60.7 Å². The van der Waals surface area contributed by atoms with Crippen LogP contribution in [0.2, 0.25) is 0 Å². The van der Waals surface area contributed by atoms with Crippen LogP contribution >= 0.6 is 0 Å². The molecule has 0 fully saturated rings. The van der Waals surface area contributed by atoms with Crippen molar-refractivity contribution < 1.29 is 13.2 Å². The Morgan fingerprint density at radius 2 is 1.50 bits per heavy atom. The molecule has 0 aliphatic rings. The molecule has 4 rings (SSSR count). The van der Waals surface area contributed by atoms with Gasteiger partial charge in [0.05, 0.1) is 12.1 Å². The Kier molecular flexibility index (Phi) is 5.36. The Balaban J connectivity index is 1.75. The van der Waals surface area contributed by atoms with Gasteiger partial charge in [0.2, 0.25) is 0 Å². The Morgan fingerprint density at radius 3 is 2.20 bits per heavy atom. The maximum Gasteiger partial charge on any atom is 0.416 e. The molecule has 1 aromatic heterocycles. The highest BCUT2D eigenvalue weighted by atomic mass is 19.4. The lowest BCUT2D eigenvalue weighted by molar-refractivity contribution is -0.137. The molecule has 0 N–H and O–H groups in total. The van der Waals surface area contributed by atoms with Gasteiger partial charge in [0.15, 0.2) is 0 Å². The summed E-state index contributed by atoms with van der Waals surface area (Å²) < 4.78 is 40.7. The van der Waals surface area contributed by atoms with Crippen LogP contribution in [0.4, 0.5) is 13.2 Å². The average Bonchev–Trinajstić information content (AvgIpc) is 3.15. The smallest absolute Gasteiger partial charge is 0.232 e. The fraction of sp³-hybridized carbons (Fsp3) is 0.0833. The van der Waals surface area contributed by atoms with Crippen LogP contribution in [0.15, 0.2) is 84.9 Å². The minimum Gasteiger partial charge on any atom is -0.232 e. The number of hydrogen-bond donors (Lipinski definition) is 0. The van der Waals surface area contributed by atoms with Crippen molar-refractivity contribution >= 4 is 0 Å². The highest BCUT2D eigenvalue weighted by molar-refractivity contribution is 5.65. The van der Waals surface area contributed by atoms with Gasteiger partial charge in [-0.1, -0.05) is 71.8 Å². The van der Waals surface area contributed by atoms with E-state index in [-0.39, 0.29) is 6.54 Å². The van der Waals surface area contributed by atoms with E-state index >= 15 is 0 Å². The van der Waals surface area contributed by atoms with Crippen LogP contribution in [0.1, 0.15) is 22.4 Å². The molecule has 0 saturated carbocycles. The van der Waals surface area contributed by atoms with Crippen molar-refractivity contribution in [3.63, 3.8) is 0 Å². The maximum absolute atomic E-state index is 13.1. The molecular weight excluding hydrogens is 387 g/mol. The average molecular weight is 403 g/mol. The van der Waals surface area contributed by atoms with Crippen LogP contribution in [0.25, 0.3) is 11.3 Å². The summed E-state index contributed by atoms with van der Waals surface area (Å²) in [4.78, 5) is 0. The van der Waals surface area contributed by atoms with E-state index in [1.165, 1.54) is 10.7 Å². The lowest BCUT2D eigenvalue weighted by Gasteiger charge is -2.09. The second-order valence-electron chi connectivity index (χ2n) is 6.62. The summed E-state index contributed by atoms with van der Waals surface area (Å²) in [5, 5.41) is 8.43. The Labute approximate surface area is 171 Å². The van der Waals surface area contributed by atoms with Crippen molar-refractivity contribution in [2.45, 2.75) is 12.7 Å². The molecule has 0 aliphatic heterocycles. The van der Waals surface area contributed by atoms with E-state index in [2.05, 4.69) is 22.2 Å². The lowest BCUT2D eigenvalue weighted by atomic mass is 10.1. The largest absolute Gasteiger partial charge is 0.416 e. The molecule has 1 heterocycles. The molecule has 30 heavy (non-hydrogen) atoms. The first-order valence-electron chi connectivity index (χ1n) is 9.23. The summed E-state index contributed by atoms with van der Waals surface area (Å²) in [5.74, 6) is 6.20. The van der Waals surface area contributed by atoms with Crippen LogP contribution in [0.3, 0.4) is 0 Å². The topological polar surface area (TPSA) is 30.7 Å². The molecule has 3 nitrogen and oxygen atoms in total. The van der Waals surface area contributed by atoms with Gasteiger partial charge in [0.25, 0.3) is 0 Å². The van der Waals surface area contributed by atoms with Crippen molar-refractivity contribution in [3.8, 4) is 23.1 Å². The second kappa shape index (κ2) is 8.26. The van der Waals surface area contributed by atoms with E-state index in [4.69, 9.17) is 0 Å². The predicted molar refractivity (Wildman–Crippen MR) is 108 cm³/mol. The Bertz CT molecular complexity index is 1200. The van der Waals surface area contributed by atoms with Crippen LogP contribution < -0.4 is 0 Å². The van der Waals surface area contributed by atoms with E-state index in [0.29, 0.717) is 17.0 Å². The Hall–Kier alpha value is -3.85. The van der Waals surface area contributed by atoms with E-state index in [9.17, 15) is 13.2 Å². The zero-order valence-corrected chi connectivity index (χ0v) is 15.8. The van der Waals surface area contributed by atoms with Crippen molar-refractivity contribution in [1.82, 2.24) is 15.0 Å². The molecule has 0 atom stereocenters. The normalized spacial score (nSPS) is 11.0. The van der Waals surface area contributed by atoms with Crippen molar-refractivity contribution in [3.05, 3.63) is 107 Å². The summed E-state index contributed by atoms with van der Waals surface area (Å²) >= 11 is 0. The third-order valence-corrected chi connectivity index (χ3v) is 4.47. The highest BCUT2D eigenvalue weighted by Gasteiger charge is 2.30. The van der Waals surface area contributed by atoms with E-state index in [0.717, 1.165) is 23.3 Å². The molecule has 4 aromatic rings. The summed E-state index contributed by atoms with van der Waals surface area (Å²) in [7, 11) is 0. The molecule has 0 aliphatic carbocycles. The van der Waals surface area contributed by atoms with Gasteiger partial charge in [-0.25, -0.2) is 4.68 Å². The monoisotopic (exact) mass is 403 g/mol. The van der Waals surface area contributed by atoms with E-state index < -0.39 is 11.7 Å². The molecule has 0 bridgehead atoms. The van der Waals surface area contributed by atoms with Crippen molar-refractivity contribution in [2.24, 2.45) is 0 Å². The zero-order valence-electron chi connectivity index (χ0n) is 15.8. The number of benzene rings is 3. The van der Waals surface area contributed by atoms with E-state index in [1.54, 1.807) is 6.07 Å². The van der Waals surface area contributed by atoms with Gasteiger partial charge < -0.3 is 0 Å².